The molecule has 0 saturated heterocycles. The molecule has 0 radical (unpaired) electrons. The Morgan fingerprint density at radius 1 is 0.464 bits per heavy atom. The average Bonchev–Trinajstić information content (AvgIpc) is 3.22. The number of hydrogen-bond acceptors (Lipinski definition) is 2. The zero-order valence-electron chi connectivity index (χ0n) is 33.4. The first kappa shape index (κ1) is 34.7. The quantitative estimate of drug-likeness (QED) is 0.173. The average molecular weight is 748 g/mol. The fourth-order valence-corrected chi connectivity index (χ4v) is 13.9. The van der Waals surface area contributed by atoms with Crippen LogP contribution in [0.4, 0.5) is 17.1 Å². The molecule has 5 aliphatic carbocycles. The van der Waals surface area contributed by atoms with Crippen molar-refractivity contribution in [3.05, 3.63) is 162 Å². The van der Waals surface area contributed by atoms with Gasteiger partial charge in [-0.05, 0) is 172 Å². The smallest absolute Gasteiger partial charge is 0.0465 e. The van der Waals surface area contributed by atoms with Crippen LogP contribution in [-0.4, -0.2) is 0 Å². The molecular formula is C54H53NS. The molecule has 6 aliphatic rings. The minimum atomic E-state index is 0.0975. The van der Waals surface area contributed by atoms with Gasteiger partial charge in [0.25, 0.3) is 0 Å². The van der Waals surface area contributed by atoms with Crippen molar-refractivity contribution in [1.82, 2.24) is 0 Å². The molecule has 0 N–H and O–H groups in total. The van der Waals surface area contributed by atoms with Crippen LogP contribution in [0.1, 0.15) is 94.9 Å². The standard InChI is InChI=1S/C54H53NS/c1-52(2)27-28-53(3,4)51-45(13-10-15-47(51)52)39-19-23-43(24-20-39)55(42-21-17-38(18-22-42)37-11-6-5-7-12-37)44-25-26-50-48(34-44)54(46-14-8-9-16-49(46)56-50)40-30-35-29-36(32-40)33-41(54)31-35/h5-26,34-36,40-41H,27-33H2,1-4H3. The van der Waals surface area contributed by atoms with E-state index in [-0.39, 0.29) is 16.2 Å². The van der Waals surface area contributed by atoms with Gasteiger partial charge in [0.1, 0.15) is 0 Å². The molecule has 0 unspecified atom stereocenters. The van der Waals surface area contributed by atoms with Gasteiger partial charge >= 0.3 is 0 Å². The van der Waals surface area contributed by atoms with E-state index in [1.165, 1.54) is 105 Å². The molecule has 2 heteroatoms. The summed E-state index contributed by atoms with van der Waals surface area (Å²) < 4.78 is 0. The van der Waals surface area contributed by atoms with Crippen molar-refractivity contribution in [2.45, 2.75) is 98.7 Å². The molecule has 6 aromatic rings. The zero-order chi connectivity index (χ0) is 37.8. The highest BCUT2D eigenvalue weighted by Gasteiger charge is 2.60. The van der Waals surface area contributed by atoms with E-state index in [1.54, 1.807) is 11.1 Å². The lowest BCUT2D eigenvalue weighted by atomic mass is 9.42. The Balaban J connectivity index is 1.06. The molecule has 4 fully saturated rings. The van der Waals surface area contributed by atoms with Crippen LogP contribution in [-0.2, 0) is 16.2 Å². The van der Waals surface area contributed by atoms with Crippen LogP contribution in [0.3, 0.4) is 0 Å². The van der Waals surface area contributed by atoms with Crippen molar-refractivity contribution in [2.24, 2.45) is 23.7 Å². The van der Waals surface area contributed by atoms with Gasteiger partial charge in [0, 0.05) is 32.3 Å². The molecule has 12 rings (SSSR count). The Hall–Kier alpha value is -4.53. The predicted molar refractivity (Wildman–Crippen MR) is 236 cm³/mol. The molecule has 0 atom stereocenters. The first-order chi connectivity index (χ1) is 27.2. The van der Waals surface area contributed by atoms with Crippen molar-refractivity contribution < 1.29 is 0 Å². The third-order valence-corrected chi connectivity index (χ3v) is 16.3. The van der Waals surface area contributed by atoms with E-state index < -0.39 is 0 Å². The summed E-state index contributed by atoms with van der Waals surface area (Å²) in [6, 6.07) is 53.6. The summed E-state index contributed by atoms with van der Waals surface area (Å²) in [6.07, 6.45) is 9.45. The Kier molecular flexibility index (Phi) is 7.89. The van der Waals surface area contributed by atoms with Gasteiger partial charge in [0.2, 0.25) is 0 Å². The molecule has 0 amide bonds. The Labute approximate surface area is 338 Å². The molecule has 4 bridgehead atoms. The largest absolute Gasteiger partial charge is 0.310 e. The third kappa shape index (κ3) is 5.27. The lowest BCUT2D eigenvalue weighted by Gasteiger charge is -2.63. The maximum absolute atomic E-state index is 2.64. The first-order valence-corrected chi connectivity index (χ1v) is 22.1. The number of nitrogens with zero attached hydrogens (tertiary/aromatic N) is 1. The Bertz CT molecular complexity index is 2430. The third-order valence-electron chi connectivity index (χ3n) is 15.2. The summed E-state index contributed by atoms with van der Waals surface area (Å²) in [5, 5.41) is 0. The Morgan fingerprint density at radius 3 is 1.71 bits per heavy atom. The summed E-state index contributed by atoms with van der Waals surface area (Å²) in [7, 11) is 0. The number of rotatable bonds is 5. The highest BCUT2D eigenvalue weighted by atomic mass is 32.2. The maximum Gasteiger partial charge on any atom is 0.0465 e. The number of fused-ring (bicyclic) bond motifs is 3. The van der Waals surface area contributed by atoms with Gasteiger partial charge in [-0.3, -0.25) is 0 Å². The van der Waals surface area contributed by atoms with Gasteiger partial charge in [-0.15, -0.1) is 0 Å². The van der Waals surface area contributed by atoms with Crippen molar-refractivity contribution in [1.29, 1.82) is 0 Å². The summed E-state index contributed by atoms with van der Waals surface area (Å²) in [5.41, 5.74) is 15.5. The molecule has 1 nitrogen and oxygen atoms in total. The predicted octanol–water partition coefficient (Wildman–Crippen LogP) is 15.0. The topological polar surface area (TPSA) is 3.24 Å². The lowest BCUT2D eigenvalue weighted by molar-refractivity contribution is -0.0443. The van der Waals surface area contributed by atoms with Gasteiger partial charge in [-0.1, -0.05) is 130 Å². The van der Waals surface area contributed by atoms with Crippen LogP contribution < -0.4 is 4.90 Å². The molecule has 1 aliphatic heterocycles. The van der Waals surface area contributed by atoms with Crippen molar-refractivity contribution in [3.63, 3.8) is 0 Å². The minimum absolute atomic E-state index is 0.0975. The molecule has 6 aromatic carbocycles. The lowest BCUT2D eigenvalue weighted by Crippen LogP contribution is -2.57. The van der Waals surface area contributed by atoms with Crippen LogP contribution >= 0.6 is 11.8 Å². The van der Waals surface area contributed by atoms with Gasteiger partial charge in [-0.25, -0.2) is 0 Å². The summed E-state index contributed by atoms with van der Waals surface area (Å²) >= 11 is 2.00. The fourth-order valence-electron chi connectivity index (χ4n) is 12.7. The molecule has 0 aromatic heterocycles. The van der Waals surface area contributed by atoms with Gasteiger partial charge in [0.05, 0.1) is 0 Å². The maximum atomic E-state index is 2.64. The first-order valence-electron chi connectivity index (χ1n) is 21.3. The van der Waals surface area contributed by atoms with E-state index in [9.17, 15) is 0 Å². The number of anilines is 3. The van der Waals surface area contributed by atoms with E-state index in [0.717, 1.165) is 23.7 Å². The van der Waals surface area contributed by atoms with Gasteiger partial charge < -0.3 is 4.90 Å². The van der Waals surface area contributed by atoms with E-state index in [2.05, 4.69) is 172 Å². The van der Waals surface area contributed by atoms with Crippen LogP contribution in [0.25, 0.3) is 22.3 Å². The fraction of sp³-hybridized carbons (Fsp3) is 0.333. The highest BCUT2D eigenvalue weighted by molar-refractivity contribution is 7.99. The minimum Gasteiger partial charge on any atom is -0.310 e. The number of benzene rings is 6. The monoisotopic (exact) mass is 747 g/mol. The number of hydrogen-bond donors (Lipinski definition) is 0. The van der Waals surface area contributed by atoms with Crippen molar-refractivity contribution in [3.8, 4) is 22.3 Å². The van der Waals surface area contributed by atoms with Gasteiger partial charge in [0.15, 0.2) is 0 Å². The summed E-state index contributed by atoms with van der Waals surface area (Å²) in [5.74, 6) is 3.28. The SMILES string of the molecule is CC1(C)CCC(C)(C)c2c(-c3ccc(N(c4ccc(-c5ccccc5)cc4)c4ccc5c(c4)C4(c6ccccc6S5)C5CC6CC(C5)CC4C6)cc3)cccc21. The Morgan fingerprint density at radius 2 is 1.02 bits per heavy atom. The van der Waals surface area contributed by atoms with Crippen LogP contribution in [0.5, 0.6) is 0 Å². The van der Waals surface area contributed by atoms with E-state index in [0.29, 0.717) is 0 Å². The molecular weight excluding hydrogens is 695 g/mol. The summed E-state index contributed by atoms with van der Waals surface area (Å²) in [6.45, 7) is 9.75. The van der Waals surface area contributed by atoms with E-state index in [4.69, 9.17) is 0 Å². The molecule has 4 saturated carbocycles. The molecule has 1 spiro atoms. The zero-order valence-corrected chi connectivity index (χ0v) is 34.2. The normalized spacial score (nSPS) is 26.0. The second kappa shape index (κ2) is 12.7. The second-order valence-electron chi connectivity index (χ2n) is 19.2. The van der Waals surface area contributed by atoms with Crippen molar-refractivity contribution >= 4 is 28.8 Å². The van der Waals surface area contributed by atoms with Crippen LogP contribution in [0.15, 0.2) is 149 Å². The second-order valence-corrected chi connectivity index (χ2v) is 20.3. The van der Waals surface area contributed by atoms with E-state index in [1.807, 2.05) is 11.8 Å². The van der Waals surface area contributed by atoms with Crippen molar-refractivity contribution in [2.75, 3.05) is 4.90 Å². The van der Waals surface area contributed by atoms with Gasteiger partial charge in [-0.2, -0.15) is 0 Å². The van der Waals surface area contributed by atoms with Crippen LogP contribution in [0, 0.1) is 23.7 Å². The highest BCUT2D eigenvalue weighted by Crippen LogP contribution is 2.69. The molecule has 56 heavy (non-hydrogen) atoms. The van der Waals surface area contributed by atoms with E-state index >= 15 is 0 Å². The molecule has 1 heterocycles. The molecule has 280 valence electrons. The summed E-state index contributed by atoms with van der Waals surface area (Å²) in [4.78, 5) is 5.48. The van der Waals surface area contributed by atoms with Crippen LogP contribution in [0.2, 0.25) is 0 Å².